The maximum atomic E-state index is 13.1. The second-order valence-electron chi connectivity index (χ2n) is 5.60. The minimum absolute atomic E-state index is 0.0376. The van der Waals surface area contributed by atoms with E-state index in [1.807, 2.05) is 23.1 Å². The number of Topliss-reactive ketones (excluding diaryl/α,β-unsaturated/α-hetero) is 1. The molecule has 0 aliphatic rings. The van der Waals surface area contributed by atoms with Gasteiger partial charge in [-0.2, -0.15) is 0 Å². The van der Waals surface area contributed by atoms with Crippen LogP contribution in [0.5, 0.6) is 0 Å². The first kappa shape index (κ1) is 17.1. The predicted octanol–water partition coefficient (Wildman–Crippen LogP) is 4.76. The van der Waals surface area contributed by atoms with E-state index in [2.05, 4.69) is 4.98 Å². The van der Waals surface area contributed by atoms with Gasteiger partial charge in [-0.05, 0) is 54.1 Å². The standard InChI is InChI=1S/C20H16ClFN2O/c21-17-8-6-16(7-9-17)19(25)14-24(20-3-1-2-12-23-20)13-15-4-10-18(22)11-5-15/h1-12H,13-14H2. The lowest BCUT2D eigenvalue weighted by atomic mass is 10.1. The first-order valence-electron chi connectivity index (χ1n) is 7.81. The Balaban J connectivity index is 1.82. The molecule has 0 fully saturated rings. The molecular formula is C20H16ClFN2O. The van der Waals surface area contributed by atoms with Gasteiger partial charge >= 0.3 is 0 Å². The molecule has 0 aliphatic carbocycles. The van der Waals surface area contributed by atoms with Gasteiger partial charge in [0.2, 0.25) is 0 Å². The zero-order chi connectivity index (χ0) is 17.6. The van der Waals surface area contributed by atoms with E-state index < -0.39 is 0 Å². The van der Waals surface area contributed by atoms with Gasteiger partial charge < -0.3 is 4.90 Å². The lowest BCUT2D eigenvalue weighted by Crippen LogP contribution is -2.30. The zero-order valence-corrected chi connectivity index (χ0v) is 14.2. The Kier molecular flexibility index (Phi) is 5.41. The predicted molar refractivity (Wildman–Crippen MR) is 97.5 cm³/mol. The Morgan fingerprint density at radius 3 is 2.36 bits per heavy atom. The SMILES string of the molecule is O=C(CN(Cc1ccc(F)cc1)c1ccccn1)c1ccc(Cl)cc1. The van der Waals surface area contributed by atoms with Gasteiger partial charge in [0.15, 0.2) is 5.78 Å². The molecule has 25 heavy (non-hydrogen) atoms. The van der Waals surface area contributed by atoms with E-state index >= 15 is 0 Å². The van der Waals surface area contributed by atoms with E-state index in [9.17, 15) is 9.18 Å². The lowest BCUT2D eigenvalue weighted by molar-refractivity contribution is 0.0998. The van der Waals surface area contributed by atoms with Crippen molar-refractivity contribution in [1.29, 1.82) is 0 Å². The molecule has 0 spiro atoms. The van der Waals surface area contributed by atoms with Crippen LogP contribution < -0.4 is 4.90 Å². The fraction of sp³-hybridized carbons (Fsp3) is 0.100. The van der Waals surface area contributed by atoms with Crippen LogP contribution in [0.15, 0.2) is 72.9 Å². The van der Waals surface area contributed by atoms with E-state index in [0.29, 0.717) is 22.9 Å². The molecule has 0 unspecified atom stereocenters. The molecule has 0 N–H and O–H groups in total. The maximum absolute atomic E-state index is 13.1. The maximum Gasteiger partial charge on any atom is 0.182 e. The summed E-state index contributed by atoms with van der Waals surface area (Å²) in [5, 5.41) is 0.587. The van der Waals surface area contributed by atoms with Crippen LogP contribution in [0, 0.1) is 5.82 Å². The average molecular weight is 355 g/mol. The van der Waals surface area contributed by atoms with Gasteiger partial charge in [-0.3, -0.25) is 4.79 Å². The summed E-state index contributed by atoms with van der Waals surface area (Å²) in [6.45, 7) is 0.618. The monoisotopic (exact) mass is 354 g/mol. The molecular weight excluding hydrogens is 339 g/mol. The molecule has 3 aromatic rings. The van der Waals surface area contributed by atoms with Crippen molar-refractivity contribution in [3.8, 4) is 0 Å². The number of pyridine rings is 1. The molecule has 0 saturated heterocycles. The van der Waals surface area contributed by atoms with Crippen LogP contribution in [0.4, 0.5) is 10.2 Å². The van der Waals surface area contributed by atoms with Gasteiger partial charge in [0.05, 0.1) is 6.54 Å². The largest absolute Gasteiger partial charge is 0.345 e. The van der Waals surface area contributed by atoms with E-state index in [4.69, 9.17) is 11.6 Å². The van der Waals surface area contributed by atoms with Crippen LogP contribution in [0.25, 0.3) is 0 Å². The number of hydrogen-bond donors (Lipinski definition) is 0. The van der Waals surface area contributed by atoms with Crippen molar-refractivity contribution < 1.29 is 9.18 Å². The second kappa shape index (κ2) is 7.90. The Morgan fingerprint density at radius 1 is 1.00 bits per heavy atom. The van der Waals surface area contributed by atoms with Gasteiger partial charge in [0, 0.05) is 23.3 Å². The summed E-state index contributed by atoms with van der Waals surface area (Å²) in [5.41, 5.74) is 1.49. The molecule has 0 radical (unpaired) electrons. The number of halogens is 2. The van der Waals surface area contributed by atoms with Crippen LogP contribution in [0.2, 0.25) is 5.02 Å². The summed E-state index contributed by atoms with van der Waals surface area (Å²) in [7, 11) is 0. The van der Waals surface area contributed by atoms with Gasteiger partial charge in [-0.15, -0.1) is 0 Å². The van der Waals surface area contributed by atoms with E-state index in [-0.39, 0.29) is 18.1 Å². The summed E-state index contributed by atoms with van der Waals surface area (Å²) in [6, 6.07) is 18.6. The van der Waals surface area contributed by atoms with Crippen molar-refractivity contribution in [1.82, 2.24) is 4.98 Å². The summed E-state index contributed by atoms with van der Waals surface area (Å²) in [6.07, 6.45) is 1.68. The Labute approximate surface area is 150 Å². The molecule has 5 heteroatoms. The van der Waals surface area contributed by atoms with Gasteiger partial charge in [0.1, 0.15) is 11.6 Å². The Bertz CT molecular complexity index is 836. The molecule has 126 valence electrons. The molecule has 1 heterocycles. The Morgan fingerprint density at radius 2 is 1.72 bits per heavy atom. The smallest absolute Gasteiger partial charge is 0.182 e. The molecule has 0 atom stereocenters. The topological polar surface area (TPSA) is 33.2 Å². The number of nitrogens with zero attached hydrogens (tertiary/aromatic N) is 2. The number of hydrogen-bond acceptors (Lipinski definition) is 3. The highest BCUT2D eigenvalue weighted by Crippen LogP contribution is 2.17. The van der Waals surface area contributed by atoms with Crippen molar-refractivity contribution in [2.75, 3.05) is 11.4 Å². The third kappa shape index (κ3) is 4.64. The molecule has 0 saturated carbocycles. The first-order valence-corrected chi connectivity index (χ1v) is 8.19. The van der Waals surface area contributed by atoms with Crippen molar-refractivity contribution in [3.63, 3.8) is 0 Å². The van der Waals surface area contributed by atoms with Crippen molar-refractivity contribution >= 4 is 23.2 Å². The summed E-state index contributed by atoms with van der Waals surface area (Å²) in [5.74, 6) is 0.365. The van der Waals surface area contributed by atoms with Crippen LogP contribution in [0.3, 0.4) is 0 Å². The molecule has 3 nitrogen and oxygen atoms in total. The second-order valence-corrected chi connectivity index (χ2v) is 6.04. The minimum atomic E-state index is -0.287. The summed E-state index contributed by atoms with van der Waals surface area (Å²) in [4.78, 5) is 18.8. The zero-order valence-electron chi connectivity index (χ0n) is 13.4. The highest BCUT2D eigenvalue weighted by molar-refractivity contribution is 6.30. The van der Waals surface area contributed by atoms with Crippen LogP contribution >= 0.6 is 11.6 Å². The molecule has 3 rings (SSSR count). The van der Waals surface area contributed by atoms with Gasteiger partial charge in [-0.25, -0.2) is 9.37 Å². The first-order chi connectivity index (χ1) is 12.1. The number of anilines is 1. The van der Waals surface area contributed by atoms with E-state index in [0.717, 1.165) is 5.56 Å². The number of benzene rings is 2. The molecule has 1 aromatic heterocycles. The molecule has 0 bridgehead atoms. The third-order valence-electron chi connectivity index (χ3n) is 3.76. The van der Waals surface area contributed by atoms with E-state index in [1.165, 1.54) is 12.1 Å². The fourth-order valence-corrected chi connectivity index (χ4v) is 2.60. The van der Waals surface area contributed by atoms with Crippen LogP contribution in [-0.4, -0.2) is 17.3 Å². The normalized spacial score (nSPS) is 10.5. The van der Waals surface area contributed by atoms with Crippen LogP contribution in [0.1, 0.15) is 15.9 Å². The molecule has 0 amide bonds. The van der Waals surface area contributed by atoms with Gasteiger partial charge in [0.25, 0.3) is 0 Å². The number of rotatable bonds is 6. The highest BCUT2D eigenvalue weighted by Gasteiger charge is 2.15. The Hall–Kier alpha value is -2.72. The number of ketones is 1. The molecule has 2 aromatic carbocycles. The van der Waals surface area contributed by atoms with E-state index in [1.54, 1.807) is 42.6 Å². The average Bonchev–Trinajstić information content (AvgIpc) is 2.64. The minimum Gasteiger partial charge on any atom is -0.345 e. The number of carbonyl (C=O) groups excluding carboxylic acids is 1. The molecule has 0 aliphatic heterocycles. The quantitative estimate of drug-likeness (QED) is 0.598. The number of aromatic nitrogens is 1. The number of carbonyl (C=O) groups is 1. The summed E-state index contributed by atoms with van der Waals surface area (Å²) < 4.78 is 13.1. The highest BCUT2D eigenvalue weighted by atomic mass is 35.5. The van der Waals surface area contributed by atoms with Crippen LogP contribution in [-0.2, 0) is 6.54 Å². The fourth-order valence-electron chi connectivity index (χ4n) is 2.47. The van der Waals surface area contributed by atoms with Crippen molar-refractivity contribution in [3.05, 3.63) is 94.9 Å². The van der Waals surface area contributed by atoms with Crippen molar-refractivity contribution in [2.45, 2.75) is 6.54 Å². The summed E-state index contributed by atoms with van der Waals surface area (Å²) >= 11 is 5.88. The third-order valence-corrected chi connectivity index (χ3v) is 4.01. The van der Waals surface area contributed by atoms with Gasteiger partial charge in [-0.1, -0.05) is 29.8 Å². The lowest BCUT2D eigenvalue weighted by Gasteiger charge is -2.23. The van der Waals surface area contributed by atoms with Crippen molar-refractivity contribution in [2.24, 2.45) is 0 Å².